The fourth-order valence-electron chi connectivity index (χ4n) is 4.25. The number of aryl methyl sites for hydroxylation is 1. The van der Waals surface area contributed by atoms with Gasteiger partial charge in [0, 0.05) is 28.3 Å². The van der Waals surface area contributed by atoms with Gasteiger partial charge >= 0.3 is 0 Å². The lowest BCUT2D eigenvalue weighted by molar-refractivity contribution is 0.213. The van der Waals surface area contributed by atoms with Gasteiger partial charge in [-0.3, -0.25) is 10.00 Å². The first-order valence-electron chi connectivity index (χ1n) is 8.91. The van der Waals surface area contributed by atoms with E-state index in [1.165, 1.54) is 24.1 Å². The summed E-state index contributed by atoms with van der Waals surface area (Å²) >= 11 is 12.9. The molecule has 4 rings (SSSR count). The average molecular weight is 380 g/mol. The molecule has 1 N–H and O–H groups in total. The number of methoxy groups -OCH3 is 1. The number of rotatable bonds is 4. The Balaban J connectivity index is 1.40. The first kappa shape index (κ1) is 17.2. The van der Waals surface area contributed by atoms with Crippen molar-refractivity contribution in [1.29, 1.82) is 0 Å². The molecule has 134 valence electrons. The van der Waals surface area contributed by atoms with Gasteiger partial charge in [-0.25, -0.2) is 0 Å². The number of H-pyrrole nitrogens is 1. The summed E-state index contributed by atoms with van der Waals surface area (Å²) in [6.07, 6.45) is 7.56. The maximum atomic E-state index is 6.43. The highest BCUT2D eigenvalue weighted by Crippen LogP contribution is 2.35. The number of hydrogen-bond acceptors (Lipinski definition) is 3. The van der Waals surface area contributed by atoms with Crippen LogP contribution in [0.2, 0.25) is 10.0 Å². The molecule has 25 heavy (non-hydrogen) atoms. The van der Waals surface area contributed by atoms with Crippen molar-refractivity contribution in [2.24, 2.45) is 5.92 Å². The molecule has 2 aliphatic rings. The highest BCUT2D eigenvalue weighted by molar-refractivity contribution is 6.36. The number of nitrogens with one attached hydrogen (secondary N) is 1. The van der Waals surface area contributed by atoms with Crippen molar-refractivity contribution in [2.45, 2.75) is 38.1 Å². The lowest BCUT2D eigenvalue weighted by Crippen LogP contribution is -2.37. The minimum Gasteiger partial charge on any atom is -0.497 e. The van der Waals surface area contributed by atoms with Gasteiger partial charge in [-0.05, 0) is 67.8 Å². The second kappa shape index (κ2) is 7.18. The minimum absolute atomic E-state index is 0.606. The molecule has 0 spiro atoms. The van der Waals surface area contributed by atoms with Crippen molar-refractivity contribution in [3.8, 4) is 5.75 Å². The Kier molecular flexibility index (Phi) is 4.94. The molecule has 1 saturated heterocycles. The van der Waals surface area contributed by atoms with Gasteiger partial charge in [0.05, 0.1) is 13.3 Å². The van der Waals surface area contributed by atoms with E-state index in [2.05, 4.69) is 15.1 Å². The van der Waals surface area contributed by atoms with Gasteiger partial charge in [-0.2, -0.15) is 5.10 Å². The summed E-state index contributed by atoms with van der Waals surface area (Å²) in [6.45, 7) is 2.28. The van der Waals surface area contributed by atoms with Crippen LogP contribution in [0, 0.1) is 5.92 Å². The monoisotopic (exact) mass is 379 g/mol. The molecular formula is C19H23Cl2N3O. The number of aromatic nitrogens is 2. The molecule has 2 unspecified atom stereocenters. The molecule has 1 aromatic heterocycles. The maximum absolute atomic E-state index is 6.43. The highest BCUT2D eigenvalue weighted by Gasteiger charge is 2.31. The fraction of sp³-hybridized carbons (Fsp3) is 0.526. The molecule has 1 aliphatic carbocycles. The van der Waals surface area contributed by atoms with Crippen molar-refractivity contribution < 1.29 is 4.74 Å². The molecule has 0 saturated carbocycles. The van der Waals surface area contributed by atoms with E-state index in [9.17, 15) is 0 Å². The zero-order valence-electron chi connectivity index (χ0n) is 14.4. The lowest BCUT2D eigenvalue weighted by Gasteiger charge is -2.31. The Morgan fingerprint density at radius 1 is 1.28 bits per heavy atom. The first-order chi connectivity index (χ1) is 12.1. The number of ether oxygens (including phenoxy) is 1. The summed E-state index contributed by atoms with van der Waals surface area (Å²) < 4.78 is 5.23. The number of benzene rings is 1. The van der Waals surface area contributed by atoms with Crippen molar-refractivity contribution >= 4 is 23.2 Å². The second-order valence-electron chi connectivity index (χ2n) is 7.19. The van der Waals surface area contributed by atoms with Crippen LogP contribution in [0.3, 0.4) is 0 Å². The summed E-state index contributed by atoms with van der Waals surface area (Å²) in [6, 6.07) is 4.35. The predicted molar refractivity (Wildman–Crippen MR) is 101 cm³/mol. The summed E-state index contributed by atoms with van der Waals surface area (Å²) in [7, 11) is 1.63. The summed E-state index contributed by atoms with van der Waals surface area (Å²) in [5.74, 6) is 1.32. The topological polar surface area (TPSA) is 41.1 Å². The number of fused-ring (bicyclic) bond motifs is 1. The van der Waals surface area contributed by atoms with Gasteiger partial charge in [0.1, 0.15) is 5.75 Å². The van der Waals surface area contributed by atoms with Crippen LogP contribution in [0.4, 0.5) is 0 Å². The van der Waals surface area contributed by atoms with Gasteiger partial charge < -0.3 is 4.74 Å². The molecule has 4 nitrogen and oxygen atoms in total. The van der Waals surface area contributed by atoms with Gasteiger partial charge in [-0.15, -0.1) is 0 Å². The van der Waals surface area contributed by atoms with Crippen LogP contribution in [0.1, 0.15) is 29.7 Å². The van der Waals surface area contributed by atoms with Crippen molar-refractivity contribution in [3.63, 3.8) is 0 Å². The number of likely N-dealkylation sites (tertiary alicyclic amines) is 1. The van der Waals surface area contributed by atoms with Crippen LogP contribution in [0.5, 0.6) is 5.75 Å². The van der Waals surface area contributed by atoms with Crippen molar-refractivity contribution in [1.82, 2.24) is 15.1 Å². The first-order valence-corrected chi connectivity index (χ1v) is 9.66. The van der Waals surface area contributed by atoms with Crippen LogP contribution in [0.25, 0.3) is 0 Å². The zero-order chi connectivity index (χ0) is 17.4. The smallest absolute Gasteiger partial charge is 0.121 e. The van der Waals surface area contributed by atoms with E-state index in [-0.39, 0.29) is 0 Å². The van der Waals surface area contributed by atoms with Crippen LogP contribution in [-0.2, 0) is 19.3 Å². The van der Waals surface area contributed by atoms with Gasteiger partial charge in [0.2, 0.25) is 0 Å². The van der Waals surface area contributed by atoms with E-state index in [4.69, 9.17) is 27.9 Å². The zero-order valence-corrected chi connectivity index (χ0v) is 15.9. The van der Waals surface area contributed by atoms with Gasteiger partial charge in [0.15, 0.2) is 0 Å². The minimum atomic E-state index is 0.606. The molecule has 2 aromatic rings. The molecule has 1 aliphatic heterocycles. The van der Waals surface area contributed by atoms with Crippen LogP contribution < -0.4 is 4.74 Å². The Bertz CT molecular complexity index is 738. The van der Waals surface area contributed by atoms with Crippen LogP contribution in [0.15, 0.2) is 18.3 Å². The van der Waals surface area contributed by atoms with E-state index < -0.39 is 0 Å². The SMILES string of the molecule is COc1cc(Cl)c(CC2CCN(C3CCc4[nH]ncc4C3)C2)c(Cl)c1. The normalized spacial score (nSPS) is 23.6. The highest BCUT2D eigenvalue weighted by atomic mass is 35.5. The second-order valence-corrected chi connectivity index (χ2v) is 8.01. The van der Waals surface area contributed by atoms with Gasteiger partial charge in [-0.1, -0.05) is 23.2 Å². The Morgan fingerprint density at radius 2 is 2.08 bits per heavy atom. The molecule has 1 aromatic carbocycles. The van der Waals surface area contributed by atoms with Crippen LogP contribution in [-0.4, -0.2) is 41.3 Å². The third kappa shape index (κ3) is 3.53. The van der Waals surface area contributed by atoms with E-state index in [1.54, 1.807) is 7.11 Å². The lowest BCUT2D eigenvalue weighted by atomic mass is 9.92. The largest absolute Gasteiger partial charge is 0.497 e. The summed E-state index contributed by atoms with van der Waals surface area (Å²) in [5, 5.41) is 8.73. The van der Waals surface area contributed by atoms with Gasteiger partial charge in [0.25, 0.3) is 0 Å². The van der Waals surface area contributed by atoms with E-state index in [0.29, 0.717) is 27.8 Å². The summed E-state index contributed by atoms with van der Waals surface area (Å²) in [4.78, 5) is 2.64. The standard InChI is InChI=1S/C19H23Cl2N3O/c1-25-15-8-17(20)16(18(21)9-15)6-12-4-5-24(11-12)14-2-3-19-13(7-14)10-22-23-19/h8-10,12,14H,2-7,11H2,1H3,(H,22,23). The van der Waals surface area contributed by atoms with Crippen LogP contribution >= 0.6 is 23.2 Å². The van der Waals surface area contributed by atoms with E-state index >= 15 is 0 Å². The Labute approximate surface area is 158 Å². The van der Waals surface area contributed by atoms with E-state index in [1.807, 2.05) is 18.3 Å². The van der Waals surface area contributed by atoms with E-state index in [0.717, 1.165) is 37.9 Å². The Morgan fingerprint density at radius 3 is 2.84 bits per heavy atom. The predicted octanol–water partition coefficient (Wildman–Crippen LogP) is 4.15. The third-order valence-electron chi connectivity index (χ3n) is 5.67. The van der Waals surface area contributed by atoms with Crippen molar-refractivity contribution in [2.75, 3.05) is 20.2 Å². The summed E-state index contributed by atoms with van der Waals surface area (Å²) in [5.41, 5.74) is 3.77. The third-order valence-corrected chi connectivity index (χ3v) is 6.34. The molecule has 6 heteroatoms. The molecule has 0 radical (unpaired) electrons. The molecule has 2 heterocycles. The quantitative estimate of drug-likeness (QED) is 0.867. The molecule has 0 amide bonds. The maximum Gasteiger partial charge on any atom is 0.121 e. The number of hydrogen-bond donors (Lipinski definition) is 1. The molecule has 2 atom stereocenters. The van der Waals surface area contributed by atoms with Crippen molar-refractivity contribution in [3.05, 3.63) is 45.2 Å². The Hall–Kier alpha value is -1.23. The molecule has 1 fully saturated rings. The molecule has 0 bridgehead atoms. The number of nitrogens with zero attached hydrogens (tertiary/aromatic N) is 2. The number of aromatic amines is 1. The average Bonchev–Trinajstić information content (AvgIpc) is 3.26. The fourth-order valence-corrected chi connectivity index (χ4v) is 4.87. The number of halogens is 2. The molecular weight excluding hydrogens is 357 g/mol.